The molecule has 0 saturated heterocycles. The van der Waals surface area contributed by atoms with Gasteiger partial charge in [0.25, 0.3) is 0 Å². The third kappa shape index (κ3) is 1.93. The predicted octanol–water partition coefficient (Wildman–Crippen LogP) is 3.16. The maximum Gasteiger partial charge on any atom is -0.00324 e. The van der Waals surface area contributed by atoms with Crippen molar-refractivity contribution in [3.8, 4) is 0 Å². The highest BCUT2D eigenvalue weighted by molar-refractivity contribution is 5.34. The zero-order valence-corrected chi connectivity index (χ0v) is 9.63. The molecule has 1 aromatic carbocycles. The van der Waals surface area contributed by atoms with E-state index in [9.17, 15) is 0 Å². The van der Waals surface area contributed by atoms with E-state index in [0.717, 1.165) is 13.0 Å². The SMILES string of the molecule is Cc1ccccc1C1(CCN)CCCC1. The highest BCUT2D eigenvalue weighted by atomic mass is 14.6. The molecule has 0 heterocycles. The molecule has 1 aliphatic rings. The average Bonchev–Trinajstić information content (AvgIpc) is 2.69. The number of aryl methyl sites for hydroxylation is 1. The molecular weight excluding hydrogens is 182 g/mol. The molecule has 0 atom stereocenters. The molecule has 2 rings (SSSR count). The van der Waals surface area contributed by atoms with Crippen molar-refractivity contribution in [2.75, 3.05) is 6.54 Å². The first-order chi connectivity index (χ1) is 7.28. The molecule has 15 heavy (non-hydrogen) atoms. The van der Waals surface area contributed by atoms with Crippen LogP contribution in [-0.2, 0) is 5.41 Å². The summed E-state index contributed by atoms with van der Waals surface area (Å²) in [7, 11) is 0. The molecule has 1 nitrogen and oxygen atoms in total. The molecule has 0 spiro atoms. The van der Waals surface area contributed by atoms with Gasteiger partial charge in [0.05, 0.1) is 0 Å². The molecule has 0 unspecified atom stereocenters. The maximum absolute atomic E-state index is 5.78. The molecule has 2 N–H and O–H groups in total. The Morgan fingerprint density at radius 2 is 1.87 bits per heavy atom. The fourth-order valence-electron chi connectivity index (χ4n) is 3.15. The van der Waals surface area contributed by atoms with Gasteiger partial charge in [-0.3, -0.25) is 0 Å². The van der Waals surface area contributed by atoms with Crippen LogP contribution in [0, 0.1) is 6.92 Å². The molecule has 1 aliphatic carbocycles. The predicted molar refractivity (Wildman–Crippen MR) is 65.0 cm³/mol. The summed E-state index contributed by atoms with van der Waals surface area (Å²) in [6.45, 7) is 3.04. The lowest BCUT2D eigenvalue weighted by Crippen LogP contribution is -2.26. The summed E-state index contributed by atoms with van der Waals surface area (Å²) < 4.78 is 0. The third-order valence-electron chi connectivity index (χ3n) is 3.90. The average molecular weight is 203 g/mol. The van der Waals surface area contributed by atoms with Crippen LogP contribution in [0.15, 0.2) is 24.3 Å². The maximum atomic E-state index is 5.78. The lowest BCUT2D eigenvalue weighted by molar-refractivity contribution is 0.410. The van der Waals surface area contributed by atoms with Crippen LogP contribution in [-0.4, -0.2) is 6.54 Å². The number of hydrogen-bond donors (Lipinski definition) is 1. The first-order valence-electron chi connectivity index (χ1n) is 6.05. The van der Waals surface area contributed by atoms with E-state index in [2.05, 4.69) is 31.2 Å². The van der Waals surface area contributed by atoms with Crippen LogP contribution in [0.25, 0.3) is 0 Å². The van der Waals surface area contributed by atoms with Gasteiger partial charge in [-0.15, -0.1) is 0 Å². The molecule has 0 bridgehead atoms. The van der Waals surface area contributed by atoms with E-state index in [1.54, 1.807) is 5.56 Å². The Kier molecular flexibility index (Phi) is 3.11. The van der Waals surface area contributed by atoms with E-state index in [-0.39, 0.29) is 0 Å². The van der Waals surface area contributed by atoms with Crippen molar-refractivity contribution in [2.24, 2.45) is 5.73 Å². The zero-order chi connectivity index (χ0) is 10.7. The quantitative estimate of drug-likeness (QED) is 0.802. The molecule has 1 fully saturated rings. The zero-order valence-electron chi connectivity index (χ0n) is 9.63. The van der Waals surface area contributed by atoms with E-state index in [1.807, 2.05) is 0 Å². The van der Waals surface area contributed by atoms with Gasteiger partial charge in [-0.2, -0.15) is 0 Å². The standard InChI is InChI=1S/C14H21N/c1-12-6-2-3-7-13(12)14(10-11-15)8-4-5-9-14/h2-3,6-7H,4-5,8-11,15H2,1H3. The molecule has 1 saturated carbocycles. The molecule has 82 valence electrons. The van der Waals surface area contributed by atoms with Crippen LogP contribution in [0.4, 0.5) is 0 Å². The first kappa shape index (κ1) is 10.7. The molecular formula is C14H21N. The van der Waals surface area contributed by atoms with Crippen LogP contribution in [0.2, 0.25) is 0 Å². The van der Waals surface area contributed by atoms with Gasteiger partial charge in [0, 0.05) is 0 Å². The van der Waals surface area contributed by atoms with Crippen molar-refractivity contribution in [3.63, 3.8) is 0 Å². The number of rotatable bonds is 3. The van der Waals surface area contributed by atoms with Crippen molar-refractivity contribution in [1.29, 1.82) is 0 Å². The Labute approximate surface area is 92.7 Å². The topological polar surface area (TPSA) is 26.0 Å². The van der Waals surface area contributed by atoms with E-state index in [1.165, 1.54) is 31.2 Å². The first-order valence-corrected chi connectivity index (χ1v) is 6.05. The number of nitrogens with two attached hydrogens (primary N) is 1. The van der Waals surface area contributed by atoms with Gasteiger partial charge in [0.1, 0.15) is 0 Å². The van der Waals surface area contributed by atoms with E-state index < -0.39 is 0 Å². The molecule has 1 heteroatoms. The van der Waals surface area contributed by atoms with Crippen LogP contribution in [0.3, 0.4) is 0 Å². The number of hydrogen-bond acceptors (Lipinski definition) is 1. The van der Waals surface area contributed by atoms with Crippen molar-refractivity contribution < 1.29 is 0 Å². The summed E-state index contributed by atoms with van der Waals surface area (Å²) in [5.74, 6) is 0. The summed E-state index contributed by atoms with van der Waals surface area (Å²) in [6, 6.07) is 8.82. The van der Waals surface area contributed by atoms with Gasteiger partial charge in [-0.05, 0) is 49.3 Å². The number of benzene rings is 1. The normalized spacial score (nSPS) is 19.3. The molecule has 0 amide bonds. The third-order valence-corrected chi connectivity index (χ3v) is 3.90. The molecule has 0 radical (unpaired) electrons. The van der Waals surface area contributed by atoms with Crippen molar-refractivity contribution in [1.82, 2.24) is 0 Å². The van der Waals surface area contributed by atoms with Gasteiger partial charge < -0.3 is 5.73 Å². The monoisotopic (exact) mass is 203 g/mol. The van der Waals surface area contributed by atoms with E-state index in [0.29, 0.717) is 5.41 Å². The van der Waals surface area contributed by atoms with E-state index >= 15 is 0 Å². The van der Waals surface area contributed by atoms with Crippen LogP contribution < -0.4 is 5.73 Å². The fourth-order valence-corrected chi connectivity index (χ4v) is 3.15. The summed E-state index contributed by atoms with van der Waals surface area (Å²) in [5.41, 5.74) is 9.17. The Balaban J connectivity index is 2.36. The van der Waals surface area contributed by atoms with Crippen LogP contribution in [0.5, 0.6) is 0 Å². The Bertz CT molecular complexity index is 324. The van der Waals surface area contributed by atoms with Crippen molar-refractivity contribution in [2.45, 2.75) is 44.4 Å². The highest BCUT2D eigenvalue weighted by Crippen LogP contribution is 2.44. The lowest BCUT2D eigenvalue weighted by atomic mass is 9.74. The summed E-state index contributed by atoms with van der Waals surface area (Å²) in [5, 5.41) is 0. The van der Waals surface area contributed by atoms with Gasteiger partial charge in [0.2, 0.25) is 0 Å². The van der Waals surface area contributed by atoms with Crippen LogP contribution in [0.1, 0.15) is 43.2 Å². The Morgan fingerprint density at radius 3 is 2.47 bits per heavy atom. The Hall–Kier alpha value is -0.820. The van der Waals surface area contributed by atoms with Crippen molar-refractivity contribution in [3.05, 3.63) is 35.4 Å². The highest BCUT2D eigenvalue weighted by Gasteiger charge is 2.35. The Morgan fingerprint density at radius 1 is 1.20 bits per heavy atom. The smallest absolute Gasteiger partial charge is 0.00324 e. The molecule has 0 aliphatic heterocycles. The minimum absolute atomic E-state index is 0.403. The van der Waals surface area contributed by atoms with Gasteiger partial charge in [-0.25, -0.2) is 0 Å². The van der Waals surface area contributed by atoms with Gasteiger partial charge >= 0.3 is 0 Å². The summed E-state index contributed by atoms with van der Waals surface area (Å²) in [4.78, 5) is 0. The van der Waals surface area contributed by atoms with Gasteiger partial charge in [-0.1, -0.05) is 37.1 Å². The minimum Gasteiger partial charge on any atom is -0.330 e. The second-order valence-electron chi connectivity index (χ2n) is 4.84. The fraction of sp³-hybridized carbons (Fsp3) is 0.571. The molecule has 0 aromatic heterocycles. The largest absolute Gasteiger partial charge is 0.330 e. The summed E-state index contributed by atoms with van der Waals surface area (Å²) in [6.07, 6.45) is 6.55. The van der Waals surface area contributed by atoms with Crippen LogP contribution >= 0.6 is 0 Å². The van der Waals surface area contributed by atoms with Gasteiger partial charge in [0.15, 0.2) is 0 Å². The summed E-state index contributed by atoms with van der Waals surface area (Å²) >= 11 is 0. The minimum atomic E-state index is 0.403. The van der Waals surface area contributed by atoms with E-state index in [4.69, 9.17) is 5.73 Å². The van der Waals surface area contributed by atoms with Crippen molar-refractivity contribution >= 4 is 0 Å². The molecule has 1 aromatic rings. The second-order valence-corrected chi connectivity index (χ2v) is 4.84. The lowest BCUT2D eigenvalue weighted by Gasteiger charge is -2.30. The second kappa shape index (κ2) is 4.36.